The average molecular weight is 273 g/mol. The molecule has 0 fully saturated rings. The molecule has 0 saturated heterocycles. The van der Waals surface area contributed by atoms with Crippen molar-refractivity contribution in [2.24, 2.45) is 0 Å². The van der Waals surface area contributed by atoms with Gasteiger partial charge in [0.1, 0.15) is 0 Å². The predicted molar refractivity (Wildman–Crippen MR) is 65.7 cm³/mol. The van der Waals surface area contributed by atoms with E-state index < -0.39 is 22.1 Å². The number of nitrogens with one attached hydrogen (secondary N) is 1. The van der Waals surface area contributed by atoms with E-state index in [1.54, 1.807) is 0 Å². The van der Waals surface area contributed by atoms with Crippen molar-refractivity contribution in [3.8, 4) is 0 Å². The van der Waals surface area contributed by atoms with E-state index in [0.717, 1.165) is 0 Å². The molecule has 0 aliphatic heterocycles. The molecular formula is C11H15NO5S. The third kappa shape index (κ3) is 4.82. The fourth-order valence-electron chi connectivity index (χ4n) is 1.26. The Balaban J connectivity index is 2.69. The summed E-state index contributed by atoms with van der Waals surface area (Å²) in [4.78, 5) is 10.6. The third-order valence-corrected chi connectivity index (χ3v) is 3.48. The van der Waals surface area contributed by atoms with Gasteiger partial charge in [-0.1, -0.05) is 12.1 Å². The van der Waals surface area contributed by atoms with E-state index >= 15 is 0 Å². The van der Waals surface area contributed by atoms with Crippen molar-refractivity contribution < 1.29 is 23.4 Å². The van der Waals surface area contributed by atoms with Crippen LogP contribution < -0.4 is 4.72 Å². The van der Waals surface area contributed by atoms with Gasteiger partial charge < -0.3 is 10.2 Å². The lowest BCUT2D eigenvalue weighted by Gasteiger charge is -2.08. The number of aromatic carboxylic acids is 1. The van der Waals surface area contributed by atoms with Gasteiger partial charge in [-0.15, -0.1) is 0 Å². The maximum Gasteiger partial charge on any atom is 0.335 e. The third-order valence-electron chi connectivity index (χ3n) is 2.16. The van der Waals surface area contributed by atoms with Crippen molar-refractivity contribution >= 4 is 16.0 Å². The number of benzene rings is 1. The summed E-state index contributed by atoms with van der Waals surface area (Å²) < 4.78 is 25.4. The molecule has 0 heterocycles. The summed E-state index contributed by atoms with van der Waals surface area (Å²) in [6.45, 7) is 1.43. The number of carboxylic acids is 1. The summed E-state index contributed by atoms with van der Waals surface area (Å²) in [7, 11) is -3.52. The van der Waals surface area contributed by atoms with Gasteiger partial charge in [-0.2, -0.15) is 0 Å². The molecule has 0 saturated carbocycles. The molecule has 0 radical (unpaired) electrons. The van der Waals surface area contributed by atoms with Crippen LogP contribution in [0.2, 0.25) is 0 Å². The summed E-state index contributed by atoms with van der Waals surface area (Å²) in [6.07, 6.45) is -0.755. The van der Waals surface area contributed by atoms with Crippen LogP contribution in [0.4, 0.5) is 0 Å². The highest BCUT2D eigenvalue weighted by atomic mass is 32.2. The smallest absolute Gasteiger partial charge is 0.335 e. The molecule has 0 spiro atoms. The van der Waals surface area contributed by atoms with Crippen LogP contribution in [0.5, 0.6) is 0 Å². The number of sulfonamides is 1. The first kappa shape index (κ1) is 14.6. The molecule has 6 nitrogen and oxygen atoms in total. The Morgan fingerprint density at radius 2 is 1.89 bits per heavy atom. The highest BCUT2D eigenvalue weighted by Crippen LogP contribution is 2.07. The van der Waals surface area contributed by atoms with Crippen LogP contribution in [0.25, 0.3) is 0 Å². The van der Waals surface area contributed by atoms with Crippen LogP contribution in [-0.2, 0) is 15.8 Å². The minimum Gasteiger partial charge on any atom is -0.478 e. The monoisotopic (exact) mass is 273 g/mol. The van der Waals surface area contributed by atoms with Crippen LogP contribution >= 0.6 is 0 Å². The Morgan fingerprint density at radius 1 is 1.33 bits per heavy atom. The second kappa shape index (κ2) is 5.94. The second-order valence-corrected chi connectivity index (χ2v) is 5.77. The summed E-state index contributed by atoms with van der Waals surface area (Å²) in [5.41, 5.74) is 0.589. The Kier molecular flexibility index (Phi) is 4.83. The molecule has 1 atom stereocenters. The van der Waals surface area contributed by atoms with Crippen LogP contribution in [0.1, 0.15) is 22.8 Å². The number of hydrogen-bond acceptors (Lipinski definition) is 4. The lowest BCUT2D eigenvalue weighted by molar-refractivity contribution is 0.0697. The number of carbonyl (C=O) groups is 1. The molecule has 3 N–H and O–H groups in total. The highest BCUT2D eigenvalue weighted by Gasteiger charge is 2.12. The zero-order valence-corrected chi connectivity index (χ0v) is 10.6. The van der Waals surface area contributed by atoms with E-state index in [0.29, 0.717) is 5.56 Å². The van der Waals surface area contributed by atoms with Gasteiger partial charge in [0.2, 0.25) is 10.0 Å². The maximum absolute atomic E-state index is 11.6. The molecule has 0 bridgehead atoms. The van der Waals surface area contributed by atoms with Crippen molar-refractivity contribution in [2.75, 3.05) is 6.54 Å². The quantitative estimate of drug-likeness (QED) is 0.686. The molecule has 0 unspecified atom stereocenters. The van der Waals surface area contributed by atoms with Gasteiger partial charge in [-0.05, 0) is 24.6 Å². The van der Waals surface area contributed by atoms with E-state index in [9.17, 15) is 13.2 Å². The normalized spacial score (nSPS) is 13.2. The van der Waals surface area contributed by atoms with Gasteiger partial charge in [0, 0.05) is 6.54 Å². The predicted octanol–water partition coefficient (Wildman–Crippen LogP) is 0.185. The number of aliphatic hydroxyl groups is 1. The molecule has 1 aromatic rings. The van der Waals surface area contributed by atoms with Crippen molar-refractivity contribution in [2.45, 2.75) is 18.8 Å². The molecule has 1 rings (SSSR count). The lowest BCUT2D eigenvalue weighted by atomic mass is 10.1. The second-order valence-electron chi connectivity index (χ2n) is 3.96. The largest absolute Gasteiger partial charge is 0.478 e. The van der Waals surface area contributed by atoms with Gasteiger partial charge >= 0.3 is 5.97 Å². The topological polar surface area (TPSA) is 104 Å². The van der Waals surface area contributed by atoms with Crippen LogP contribution in [0.3, 0.4) is 0 Å². The van der Waals surface area contributed by atoms with E-state index in [1.165, 1.54) is 31.2 Å². The first-order valence-corrected chi connectivity index (χ1v) is 6.93. The van der Waals surface area contributed by atoms with E-state index in [1.807, 2.05) is 0 Å². The number of rotatable bonds is 6. The van der Waals surface area contributed by atoms with Gasteiger partial charge in [-0.25, -0.2) is 17.9 Å². The summed E-state index contributed by atoms with van der Waals surface area (Å²) in [5, 5.41) is 17.7. The Labute approximate surface area is 105 Å². The standard InChI is InChI=1S/C11H15NO5S/c1-8(13)6-12-18(16,17)7-9-2-4-10(5-3-9)11(14)15/h2-5,8,12-13H,6-7H2,1H3,(H,14,15)/t8-/m0/s1. The fourth-order valence-corrected chi connectivity index (χ4v) is 2.49. The SMILES string of the molecule is C[C@H](O)CNS(=O)(=O)Cc1ccc(C(=O)O)cc1. The fraction of sp³-hybridized carbons (Fsp3) is 0.364. The van der Waals surface area contributed by atoms with E-state index in [-0.39, 0.29) is 17.9 Å². The Bertz CT molecular complexity index is 507. The zero-order valence-electron chi connectivity index (χ0n) is 9.83. The minimum atomic E-state index is -3.52. The van der Waals surface area contributed by atoms with Gasteiger partial charge in [0.25, 0.3) is 0 Å². The van der Waals surface area contributed by atoms with Crippen molar-refractivity contribution in [1.82, 2.24) is 4.72 Å². The molecule has 0 aliphatic rings. The molecule has 100 valence electrons. The highest BCUT2D eigenvalue weighted by molar-refractivity contribution is 7.88. The maximum atomic E-state index is 11.6. The first-order chi connectivity index (χ1) is 8.30. The average Bonchev–Trinajstić information content (AvgIpc) is 2.27. The van der Waals surface area contributed by atoms with Gasteiger partial charge in [-0.3, -0.25) is 0 Å². The van der Waals surface area contributed by atoms with E-state index in [4.69, 9.17) is 10.2 Å². The summed E-state index contributed by atoms with van der Waals surface area (Å²) >= 11 is 0. The molecule has 7 heteroatoms. The molecule has 18 heavy (non-hydrogen) atoms. The van der Waals surface area contributed by atoms with Gasteiger partial charge in [0.05, 0.1) is 17.4 Å². The van der Waals surface area contributed by atoms with Crippen molar-refractivity contribution in [1.29, 1.82) is 0 Å². The van der Waals surface area contributed by atoms with Crippen LogP contribution in [0.15, 0.2) is 24.3 Å². The van der Waals surface area contributed by atoms with Crippen LogP contribution in [0, 0.1) is 0 Å². The van der Waals surface area contributed by atoms with E-state index in [2.05, 4.69) is 4.72 Å². The van der Waals surface area contributed by atoms with Crippen molar-refractivity contribution in [3.05, 3.63) is 35.4 Å². The molecule has 1 aromatic carbocycles. The summed E-state index contributed by atoms with van der Waals surface area (Å²) in [6, 6.07) is 5.60. The first-order valence-electron chi connectivity index (χ1n) is 5.28. The molecule has 0 amide bonds. The van der Waals surface area contributed by atoms with Crippen molar-refractivity contribution in [3.63, 3.8) is 0 Å². The molecular weight excluding hydrogens is 258 g/mol. The lowest BCUT2D eigenvalue weighted by Crippen LogP contribution is -2.31. The minimum absolute atomic E-state index is 0.0461. The zero-order chi connectivity index (χ0) is 13.8. The van der Waals surface area contributed by atoms with Crippen LogP contribution in [-0.4, -0.2) is 37.2 Å². The number of carboxylic acid groups (broad SMARTS) is 1. The molecule has 0 aliphatic carbocycles. The molecule has 0 aromatic heterocycles. The number of aliphatic hydroxyl groups excluding tert-OH is 1. The summed E-state index contributed by atoms with van der Waals surface area (Å²) in [5.74, 6) is -1.31. The Morgan fingerprint density at radius 3 is 2.33 bits per heavy atom. The number of hydrogen-bond donors (Lipinski definition) is 3. The Hall–Kier alpha value is -1.44. The van der Waals surface area contributed by atoms with Gasteiger partial charge in [0.15, 0.2) is 0 Å².